The van der Waals surface area contributed by atoms with E-state index < -0.39 is 0 Å². The Morgan fingerprint density at radius 1 is 1.07 bits per heavy atom. The van der Waals surface area contributed by atoms with Crippen LogP contribution in [0.1, 0.15) is 27.4 Å². The van der Waals surface area contributed by atoms with Crippen molar-refractivity contribution in [1.29, 1.82) is 0 Å². The minimum atomic E-state index is -0.119. The second-order valence-electron chi connectivity index (χ2n) is 7.07. The molecule has 2 aromatic heterocycles. The van der Waals surface area contributed by atoms with Gasteiger partial charge in [-0.05, 0) is 41.8 Å². The van der Waals surface area contributed by atoms with Crippen LogP contribution in [0.25, 0.3) is 10.9 Å². The Balaban J connectivity index is 1.25. The number of hydrogen-bond acceptors (Lipinski definition) is 5. The fraction of sp³-hybridized carbons (Fsp3) is 0.174. The van der Waals surface area contributed by atoms with Crippen LogP contribution in [0.15, 0.2) is 71.4 Å². The van der Waals surface area contributed by atoms with Gasteiger partial charge in [0.05, 0.1) is 5.52 Å². The minimum absolute atomic E-state index is 0.119. The summed E-state index contributed by atoms with van der Waals surface area (Å²) in [5.74, 6) is 1.10. The van der Waals surface area contributed by atoms with Crippen molar-refractivity contribution < 1.29 is 14.1 Å². The molecular weight excluding hydrogens is 366 g/mol. The van der Waals surface area contributed by atoms with Gasteiger partial charge in [-0.25, -0.2) is 0 Å². The van der Waals surface area contributed by atoms with Crippen molar-refractivity contribution in [2.45, 2.75) is 19.6 Å². The van der Waals surface area contributed by atoms with E-state index in [1.165, 1.54) is 11.1 Å². The molecule has 0 unspecified atom stereocenters. The molecule has 0 N–H and O–H groups in total. The Hall–Kier alpha value is -3.67. The van der Waals surface area contributed by atoms with Gasteiger partial charge in [0.1, 0.15) is 12.4 Å². The molecule has 0 spiro atoms. The largest absolute Gasteiger partial charge is 0.486 e. The van der Waals surface area contributed by atoms with Gasteiger partial charge in [-0.3, -0.25) is 9.78 Å². The van der Waals surface area contributed by atoms with E-state index in [1.54, 1.807) is 17.2 Å². The van der Waals surface area contributed by atoms with E-state index >= 15 is 0 Å². The van der Waals surface area contributed by atoms with Gasteiger partial charge in [0.2, 0.25) is 0 Å². The van der Waals surface area contributed by atoms with E-state index in [2.05, 4.69) is 22.3 Å². The molecule has 0 saturated carbocycles. The van der Waals surface area contributed by atoms with Gasteiger partial charge in [0.15, 0.2) is 11.5 Å². The maximum atomic E-state index is 12.8. The van der Waals surface area contributed by atoms with Crippen molar-refractivity contribution in [3.8, 4) is 5.75 Å². The molecule has 1 aliphatic heterocycles. The molecule has 0 atom stereocenters. The first kappa shape index (κ1) is 17.4. The molecule has 2 aromatic carbocycles. The molecule has 1 aliphatic rings. The SMILES string of the molecule is O=C(c1cc(COc2ccc3ncccc3c2)on1)N1CCc2ccccc2C1. The van der Waals surface area contributed by atoms with Crippen LogP contribution >= 0.6 is 0 Å². The Morgan fingerprint density at radius 2 is 1.97 bits per heavy atom. The molecule has 3 heterocycles. The van der Waals surface area contributed by atoms with Crippen molar-refractivity contribution in [1.82, 2.24) is 15.0 Å². The van der Waals surface area contributed by atoms with Crippen LogP contribution in [0, 0.1) is 0 Å². The zero-order chi connectivity index (χ0) is 19.6. The normalized spacial score (nSPS) is 13.3. The lowest BCUT2D eigenvalue weighted by Gasteiger charge is -2.28. The van der Waals surface area contributed by atoms with Crippen molar-refractivity contribution in [3.63, 3.8) is 0 Å². The van der Waals surface area contributed by atoms with Crippen LogP contribution in [-0.2, 0) is 19.6 Å². The number of rotatable bonds is 4. The van der Waals surface area contributed by atoms with Crippen LogP contribution in [0.3, 0.4) is 0 Å². The highest BCUT2D eigenvalue weighted by Crippen LogP contribution is 2.22. The zero-order valence-corrected chi connectivity index (χ0v) is 15.7. The molecular formula is C23H19N3O3. The number of nitrogens with zero attached hydrogens (tertiary/aromatic N) is 3. The molecule has 1 amide bonds. The average molecular weight is 385 g/mol. The van der Waals surface area contributed by atoms with E-state index in [1.807, 2.05) is 42.5 Å². The lowest BCUT2D eigenvalue weighted by molar-refractivity contribution is 0.0724. The number of hydrogen-bond donors (Lipinski definition) is 0. The molecule has 0 saturated heterocycles. The standard InChI is InChI=1S/C23H19N3O3/c27-23(26-11-9-16-4-1-2-5-18(16)14-26)22-13-20(29-25-22)15-28-19-7-8-21-17(12-19)6-3-10-24-21/h1-8,10,12-13H,9,11,14-15H2. The molecule has 6 heteroatoms. The summed E-state index contributed by atoms with van der Waals surface area (Å²) >= 11 is 0. The third-order valence-corrected chi connectivity index (χ3v) is 5.15. The summed E-state index contributed by atoms with van der Waals surface area (Å²) in [6.07, 6.45) is 2.61. The number of pyridine rings is 1. The van der Waals surface area contributed by atoms with Gasteiger partial charge >= 0.3 is 0 Å². The first-order chi connectivity index (χ1) is 14.3. The lowest BCUT2D eigenvalue weighted by Crippen LogP contribution is -2.36. The summed E-state index contributed by atoms with van der Waals surface area (Å²) in [5, 5.41) is 4.96. The molecule has 0 fully saturated rings. The first-order valence-electron chi connectivity index (χ1n) is 9.55. The lowest BCUT2D eigenvalue weighted by atomic mass is 10.00. The average Bonchev–Trinajstić information content (AvgIpc) is 3.26. The summed E-state index contributed by atoms with van der Waals surface area (Å²) in [5.41, 5.74) is 3.71. The molecule has 4 aromatic rings. The molecule has 0 radical (unpaired) electrons. The number of amides is 1. The van der Waals surface area contributed by atoms with Crippen LogP contribution in [0.5, 0.6) is 5.75 Å². The summed E-state index contributed by atoms with van der Waals surface area (Å²) in [4.78, 5) is 18.9. The monoisotopic (exact) mass is 385 g/mol. The number of benzene rings is 2. The number of ether oxygens (including phenoxy) is 1. The molecule has 5 rings (SSSR count). The van der Waals surface area contributed by atoms with Gasteiger partial charge in [-0.2, -0.15) is 0 Å². The smallest absolute Gasteiger partial charge is 0.276 e. The summed E-state index contributed by atoms with van der Waals surface area (Å²) < 4.78 is 11.1. The Kier molecular flexibility index (Phi) is 4.44. The number of aromatic nitrogens is 2. The van der Waals surface area contributed by atoms with Gasteiger partial charge < -0.3 is 14.2 Å². The zero-order valence-electron chi connectivity index (χ0n) is 15.7. The van der Waals surface area contributed by atoms with Crippen molar-refractivity contribution >= 4 is 16.8 Å². The number of fused-ring (bicyclic) bond motifs is 2. The van der Waals surface area contributed by atoms with Gasteiger partial charge in [-0.15, -0.1) is 0 Å². The maximum absolute atomic E-state index is 12.8. The first-order valence-corrected chi connectivity index (χ1v) is 9.55. The molecule has 0 aliphatic carbocycles. The van der Waals surface area contributed by atoms with Crippen LogP contribution in [-0.4, -0.2) is 27.5 Å². The van der Waals surface area contributed by atoms with Crippen molar-refractivity contribution in [3.05, 3.63) is 89.4 Å². The van der Waals surface area contributed by atoms with Gasteiger partial charge in [-0.1, -0.05) is 35.5 Å². The fourth-order valence-electron chi connectivity index (χ4n) is 3.61. The molecule has 6 nitrogen and oxygen atoms in total. The topological polar surface area (TPSA) is 68.5 Å². The highest BCUT2D eigenvalue weighted by Gasteiger charge is 2.24. The Labute approximate surface area is 167 Å². The third kappa shape index (κ3) is 3.57. The van der Waals surface area contributed by atoms with Crippen LogP contribution in [0.2, 0.25) is 0 Å². The second-order valence-corrected chi connectivity index (χ2v) is 7.07. The highest BCUT2D eigenvalue weighted by atomic mass is 16.5. The Bertz CT molecular complexity index is 1180. The van der Waals surface area contributed by atoms with E-state index in [-0.39, 0.29) is 12.5 Å². The van der Waals surface area contributed by atoms with E-state index in [0.717, 1.165) is 17.3 Å². The quantitative estimate of drug-likeness (QED) is 0.531. The predicted octanol–water partition coefficient (Wildman–Crippen LogP) is 4.00. The Morgan fingerprint density at radius 3 is 2.90 bits per heavy atom. The molecule has 144 valence electrons. The van der Waals surface area contributed by atoms with Crippen LogP contribution < -0.4 is 4.74 Å². The van der Waals surface area contributed by atoms with Gasteiger partial charge in [0, 0.05) is 30.7 Å². The minimum Gasteiger partial charge on any atom is -0.486 e. The van der Waals surface area contributed by atoms with Gasteiger partial charge in [0.25, 0.3) is 5.91 Å². The maximum Gasteiger partial charge on any atom is 0.276 e. The summed E-state index contributed by atoms with van der Waals surface area (Å²) in [6, 6.07) is 19.4. The van der Waals surface area contributed by atoms with E-state index in [0.29, 0.717) is 30.3 Å². The molecule has 0 bridgehead atoms. The number of carbonyl (C=O) groups is 1. The third-order valence-electron chi connectivity index (χ3n) is 5.15. The highest BCUT2D eigenvalue weighted by molar-refractivity contribution is 5.92. The predicted molar refractivity (Wildman–Crippen MR) is 107 cm³/mol. The van der Waals surface area contributed by atoms with E-state index in [4.69, 9.17) is 9.26 Å². The second kappa shape index (κ2) is 7.39. The fourth-order valence-corrected chi connectivity index (χ4v) is 3.61. The van der Waals surface area contributed by atoms with Crippen LogP contribution in [0.4, 0.5) is 0 Å². The summed E-state index contributed by atoms with van der Waals surface area (Å²) in [6.45, 7) is 1.48. The summed E-state index contributed by atoms with van der Waals surface area (Å²) in [7, 11) is 0. The van der Waals surface area contributed by atoms with Crippen molar-refractivity contribution in [2.24, 2.45) is 0 Å². The van der Waals surface area contributed by atoms with Crippen molar-refractivity contribution in [2.75, 3.05) is 6.54 Å². The number of carbonyl (C=O) groups excluding carboxylic acids is 1. The van der Waals surface area contributed by atoms with E-state index in [9.17, 15) is 4.79 Å². The molecule has 29 heavy (non-hydrogen) atoms.